The summed E-state index contributed by atoms with van der Waals surface area (Å²) in [5.41, 5.74) is 2.01. The molecule has 32 heavy (non-hydrogen) atoms. The highest BCUT2D eigenvalue weighted by Gasteiger charge is 2.28. The first-order valence-electron chi connectivity index (χ1n) is 10.5. The van der Waals surface area contributed by atoms with Gasteiger partial charge in [0.1, 0.15) is 22.2 Å². The van der Waals surface area contributed by atoms with Gasteiger partial charge in [0, 0.05) is 12.6 Å². The highest BCUT2D eigenvalue weighted by molar-refractivity contribution is 6.39. The van der Waals surface area contributed by atoms with Crippen molar-refractivity contribution in [2.75, 3.05) is 18.6 Å². The Morgan fingerprint density at radius 3 is 2.12 bits per heavy atom. The zero-order valence-corrected chi connectivity index (χ0v) is 20.1. The molecule has 1 heterocycles. The molecule has 0 saturated heterocycles. The average Bonchev–Trinajstić information content (AvgIpc) is 2.80. The molecule has 0 unspecified atom stereocenters. The first kappa shape index (κ1) is 26.0. The van der Waals surface area contributed by atoms with Crippen LogP contribution in [0.2, 0.25) is 10.3 Å². The second kappa shape index (κ2) is 12.7. The fourth-order valence-corrected chi connectivity index (χ4v) is 4.11. The number of aliphatic hydroxyl groups is 1. The van der Waals surface area contributed by atoms with Crippen molar-refractivity contribution < 1.29 is 19.4 Å². The number of hydrogen-bond donors (Lipinski definition) is 1. The monoisotopic (exact) mass is 481 g/mol. The van der Waals surface area contributed by atoms with Crippen molar-refractivity contribution in [3.8, 4) is 0 Å². The molecule has 1 aliphatic carbocycles. The lowest BCUT2D eigenvalue weighted by molar-refractivity contribution is -0.137. The molecule has 0 spiro atoms. The molecule has 174 valence electrons. The maximum absolute atomic E-state index is 13.1. The molecule has 1 atom stereocenters. The van der Waals surface area contributed by atoms with E-state index in [9.17, 15) is 14.7 Å². The number of methoxy groups -OCH3 is 1. The lowest BCUT2D eigenvalue weighted by atomic mass is 9.84. The number of nitrogens with zero attached hydrogens (tertiary/aromatic N) is 3. The number of benzene rings is 1. The smallest absolute Gasteiger partial charge is 0.302 e. The largest absolute Gasteiger partial charge is 0.469 e. The second-order valence-corrected chi connectivity index (χ2v) is 8.38. The van der Waals surface area contributed by atoms with Crippen LogP contribution in [0.3, 0.4) is 0 Å². The molecule has 3 rings (SSSR count). The number of halogens is 2. The Balaban J connectivity index is 0.000000654. The molecule has 1 saturated carbocycles. The Morgan fingerprint density at radius 1 is 1.12 bits per heavy atom. The van der Waals surface area contributed by atoms with E-state index in [2.05, 4.69) is 26.8 Å². The van der Waals surface area contributed by atoms with Gasteiger partial charge in [-0.05, 0) is 43.4 Å². The number of ether oxygens (including phenoxy) is 1. The predicted octanol–water partition coefficient (Wildman–Crippen LogP) is 5.04. The van der Waals surface area contributed by atoms with E-state index in [1.807, 2.05) is 12.1 Å². The Kier molecular flexibility index (Phi) is 10.4. The van der Waals surface area contributed by atoms with Crippen molar-refractivity contribution in [2.45, 2.75) is 57.9 Å². The summed E-state index contributed by atoms with van der Waals surface area (Å²) in [6, 6.07) is 7.52. The maximum atomic E-state index is 13.1. The van der Waals surface area contributed by atoms with Gasteiger partial charge in [-0.2, -0.15) is 0 Å². The Hall–Kier alpha value is -2.22. The molecule has 1 aliphatic rings. The van der Waals surface area contributed by atoms with E-state index in [0.717, 1.165) is 0 Å². The molecule has 0 radical (unpaired) electrons. The lowest BCUT2D eigenvalue weighted by Crippen LogP contribution is -2.41. The number of rotatable bonds is 5. The Morgan fingerprint density at radius 2 is 1.66 bits per heavy atom. The van der Waals surface area contributed by atoms with Gasteiger partial charge in [-0.25, -0.2) is 9.97 Å². The summed E-state index contributed by atoms with van der Waals surface area (Å²) in [4.78, 5) is 31.9. The molecule has 1 amide bonds. The minimum absolute atomic E-state index is 0.00559. The quantitative estimate of drug-likeness (QED) is 0.474. The standard InChI is InChI=1S/C20H23Cl2N3O2.C3H6O2/c1-13(11-26)25(20(27)17-18(21)23-12-24-19(17)22)16-9-7-15(8-10-16)14-5-3-2-4-6-14;1-3(4)5-2/h7-10,12-14,26H,2-6,11H2,1H3;1-2H3/t13-;/m1./s1. The van der Waals surface area contributed by atoms with Crippen LogP contribution in [0.25, 0.3) is 0 Å². The zero-order chi connectivity index (χ0) is 23.7. The summed E-state index contributed by atoms with van der Waals surface area (Å²) in [6.07, 6.45) is 7.47. The number of esters is 1. The van der Waals surface area contributed by atoms with Gasteiger partial charge in [-0.3, -0.25) is 9.59 Å². The summed E-state index contributed by atoms with van der Waals surface area (Å²) in [5, 5.41) is 9.66. The van der Waals surface area contributed by atoms with Crippen LogP contribution in [0.15, 0.2) is 30.6 Å². The van der Waals surface area contributed by atoms with Gasteiger partial charge < -0.3 is 14.7 Å². The number of amides is 1. The molecule has 1 N–H and O–H groups in total. The Bertz CT molecular complexity index is 882. The van der Waals surface area contributed by atoms with Gasteiger partial charge in [-0.15, -0.1) is 0 Å². The summed E-state index contributed by atoms with van der Waals surface area (Å²) < 4.78 is 4.11. The maximum Gasteiger partial charge on any atom is 0.302 e. The molecule has 1 aromatic heterocycles. The van der Waals surface area contributed by atoms with Crippen LogP contribution in [-0.4, -0.2) is 46.7 Å². The van der Waals surface area contributed by atoms with Gasteiger partial charge in [0.25, 0.3) is 5.91 Å². The second-order valence-electron chi connectivity index (χ2n) is 7.66. The van der Waals surface area contributed by atoms with Gasteiger partial charge >= 0.3 is 5.97 Å². The third-order valence-electron chi connectivity index (χ3n) is 5.43. The third kappa shape index (κ3) is 6.89. The highest BCUT2D eigenvalue weighted by Crippen LogP contribution is 2.34. The summed E-state index contributed by atoms with van der Waals surface area (Å²) >= 11 is 12.2. The number of carbonyl (C=O) groups is 2. The van der Waals surface area contributed by atoms with Crippen molar-refractivity contribution >= 4 is 40.8 Å². The first-order valence-corrected chi connectivity index (χ1v) is 11.3. The number of carbonyl (C=O) groups excluding carboxylic acids is 2. The van der Waals surface area contributed by atoms with Crippen molar-refractivity contribution in [1.29, 1.82) is 0 Å². The number of aliphatic hydroxyl groups excluding tert-OH is 1. The predicted molar refractivity (Wildman–Crippen MR) is 125 cm³/mol. The van der Waals surface area contributed by atoms with Crippen molar-refractivity contribution in [1.82, 2.24) is 9.97 Å². The van der Waals surface area contributed by atoms with E-state index < -0.39 is 11.9 Å². The number of hydrogen-bond acceptors (Lipinski definition) is 6. The summed E-state index contributed by atoms with van der Waals surface area (Å²) in [6.45, 7) is 2.93. The molecule has 1 aromatic carbocycles. The molecule has 9 heteroatoms. The van der Waals surface area contributed by atoms with Crippen LogP contribution < -0.4 is 4.90 Å². The fraction of sp³-hybridized carbons (Fsp3) is 0.478. The van der Waals surface area contributed by atoms with Crippen molar-refractivity contribution in [3.05, 3.63) is 52.0 Å². The Labute approximate surface area is 198 Å². The highest BCUT2D eigenvalue weighted by atomic mass is 35.5. The molecule has 0 bridgehead atoms. The van der Waals surface area contributed by atoms with Gasteiger partial charge in [0.2, 0.25) is 0 Å². The van der Waals surface area contributed by atoms with Crippen LogP contribution in [0.1, 0.15) is 67.8 Å². The van der Waals surface area contributed by atoms with Gasteiger partial charge in [-0.1, -0.05) is 54.6 Å². The molecule has 7 nitrogen and oxygen atoms in total. The SMILES string of the molecule is COC(C)=O.C[C@H](CO)N(C(=O)c1c(Cl)ncnc1Cl)c1ccc(C2CCCCC2)cc1. The summed E-state index contributed by atoms with van der Waals surface area (Å²) in [7, 11) is 1.35. The first-order chi connectivity index (χ1) is 15.3. The number of aromatic nitrogens is 2. The molecule has 2 aromatic rings. The molecular formula is C23H29Cl2N3O4. The van der Waals surface area contributed by atoms with E-state index in [-0.39, 0.29) is 28.4 Å². The molecule has 1 fully saturated rings. The lowest BCUT2D eigenvalue weighted by Gasteiger charge is -2.29. The van der Waals surface area contributed by atoms with E-state index in [1.54, 1.807) is 6.92 Å². The molecular weight excluding hydrogens is 453 g/mol. The van der Waals surface area contributed by atoms with Gasteiger partial charge in [0.15, 0.2) is 0 Å². The van der Waals surface area contributed by atoms with Crippen LogP contribution in [-0.2, 0) is 9.53 Å². The van der Waals surface area contributed by atoms with Crippen LogP contribution in [0.4, 0.5) is 5.69 Å². The fourth-order valence-electron chi connectivity index (χ4n) is 3.64. The van der Waals surface area contributed by atoms with Crippen LogP contribution in [0.5, 0.6) is 0 Å². The zero-order valence-electron chi connectivity index (χ0n) is 18.6. The van der Waals surface area contributed by atoms with E-state index >= 15 is 0 Å². The minimum atomic E-state index is -0.453. The number of anilines is 1. The van der Waals surface area contributed by atoms with E-state index in [1.165, 1.54) is 62.9 Å². The minimum Gasteiger partial charge on any atom is -0.469 e. The third-order valence-corrected chi connectivity index (χ3v) is 6.00. The van der Waals surface area contributed by atoms with Crippen LogP contribution >= 0.6 is 23.2 Å². The summed E-state index contributed by atoms with van der Waals surface area (Å²) in [5.74, 6) is -0.0961. The van der Waals surface area contributed by atoms with Gasteiger partial charge in [0.05, 0.1) is 19.8 Å². The van der Waals surface area contributed by atoms with Crippen LogP contribution in [0, 0.1) is 0 Å². The topological polar surface area (TPSA) is 92.6 Å². The van der Waals surface area contributed by atoms with E-state index in [4.69, 9.17) is 23.2 Å². The van der Waals surface area contributed by atoms with Crippen molar-refractivity contribution in [2.24, 2.45) is 0 Å². The van der Waals surface area contributed by atoms with Crippen molar-refractivity contribution in [3.63, 3.8) is 0 Å². The van der Waals surface area contributed by atoms with E-state index in [0.29, 0.717) is 11.6 Å². The molecule has 0 aliphatic heterocycles. The normalized spacial score (nSPS) is 14.7. The average molecular weight is 482 g/mol.